The van der Waals surface area contributed by atoms with Crippen LogP contribution in [0.5, 0.6) is 0 Å². The summed E-state index contributed by atoms with van der Waals surface area (Å²) in [5, 5.41) is 11.2. The molecular weight excluding hydrogens is 308 g/mol. The molecule has 1 heterocycles. The second kappa shape index (κ2) is 7.28. The van der Waals surface area contributed by atoms with Crippen molar-refractivity contribution in [2.75, 3.05) is 0 Å². The Bertz CT molecular complexity index is 890. The Labute approximate surface area is 147 Å². The number of H-pyrrole nitrogens is 1. The zero-order valence-corrected chi connectivity index (χ0v) is 14.0. The number of aromatic nitrogens is 3. The van der Waals surface area contributed by atoms with Gasteiger partial charge in [-0.15, -0.1) is 5.10 Å². The minimum Gasteiger partial charge on any atom is -0.290 e. The van der Waals surface area contributed by atoms with E-state index in [4.69, 9.17) is 0 Å². The molecule has 25 heavy (non-hydrogen) atoms. The van der Waals surface area contributed by atoms with Crippen LogP contribution in [-0.2, 0) is 19.6 Å². The number of nitrogens with one attached hydrogen (secondary N) is 1. The second-order valence-corrected chi connectivity index (χ2v) is 6.24. The van der Waals surface area contributed by atoms with Gasteiger partial charge in [-0.1, -0.05) is 78.0 Å². The van der Waals surface area contributed by atoms with E-state index in [2.05, 4.69) is 93.1 Å². The Hall–Kier alpha value is -2.98. The molecule has 1 N–H and O–H groups in total. The highest BCUT2D eigenvalue weighted by Gasteiger charge is 2.12. The van der Waals surface area contributed by atoms with E-state index in [1.165, 1.54) is 16.7 Å². The number of hydrogen-bond acceptors (Lipinski definition) is 3. The van der Waals surface area contributed by atoms with Gasteiger partial charge in [-0.25, -0.2) is 0 Å². The van der Waals surface area contributed by atoms with Gasteiger partial charge in [0.2, 0.25) is 0 Å². The fraction of sp³-hybridized carbons (Fsp3) is 0.143. The van der Waals surface area contributed by atoms with Crippen molar-refractivity contribution in [1.29, 1.82) is 0 Å². The standard InChI is InChI=1S/C21H20N4/c1-3-8-17(9-4-1)14-25(15-18-10-5-2-6-11-18)16-19-12-7-13-20-21(19)23-24-22-20/h1-13H,14-16H2,(H,22,23,24). The lowest BCUT2D eigenvalue weighted by atomic mass is 10.1. The molecule has 0 aliphatic rings. The van der Waals surface area contributed by atoms with Crippen LogP contribution in [0.25, 0.3) is 11.0 Å². The molecule has 0 amide bonds. The van der Waals surface area contributed by atoms with Gasteiger partial charge in [0.25, 0.3) is 0 Å². The molecule has 4 nitrogen and oxygen atoms in total. The summed E-state index contributed by atoms with van der Waals surface area (Å²) in [5.41, 5.74) is 5.75. The highest BCUT2D eigenvalue weighted by molar-refractivity contribution is 5.77. The first-order valence-electron chi connectivity index (χ1n) is 8.47. The van der Waals surface area contributed by atoms with Crippen LogP contribution >= 0.6 is 0 Å². The van der Waals surface area contributed by atoms with Gasteiger partial charge in [0, 0.05) is 19.6 Å². The minimum absolute atomic E-state index is 0.827. The number of fused-ring (bicyclic) bond motifs is 1. The summed E-state index contributed by atoms with van der Waals surface area (Å²) in [5.74, 6) is 0. The predicted molar refractivity (Wildman–Crippen MR) is 99.7 cm³/mol. The van der Waals surface area contributed by atoms with E-state index in [9.17, 15) is 0 Å². The van der Waals surface area contributed by atoms with Crippen LogP contribution in [0, 0.1) is 0 Å². The Kier molecular flexibility index (Phi) is 4.53. The van der Waals surface area contributed by atoms with Crippen molar-refractivity contribution in [3.8, 4) is 0 Å². The minimum atomic E-state index is 0.827. The normalized spacial score (nSPS) is 11.2. The van der Waals surface area contributed by atoms with Gasteiger partial charge in [-0.05, 0) is 22.8 Å². The van der Waals surface area contributed by atoms with Gasteiger partial charge in [0.15, 0.2) is 0 Å². The van der Waals surface area contributed by atoms with Gasteiger partial charge in [0.05, 0.1) is 5.52 Å². The molecule has 3 aromatic carbocycles. The van der Waals surface area contributed by atoms with E-state index >= 15 is 0 Å². The lowest BCUT2D eigenvalue weighted by molar-refractivity contribution is 0.248. The zero-order chi connectivity index (χ0) is 16.9. The maximum absolute atomic E-state index is 4.25. The molecule has 0 fully saturated rings. The second-order valence-electron chi connectivity index (χ2n) is 6.24. The molecule has 0 bridgehead atoms. The number of aromatic amines is 1. The topological polar surface area (TPSA) is 44.8 Å². The molecule has 4 aromatic rings. The first-order chi connectivity index (χ1) is 12.4. The number of rotatable bonds is 6. The van der Waals surface area contributed by atoms with Crippen LogP contribution in [0.3, 0.4) is 0 Å². The maximum Gasteiger partial charge on any atom is 0.117 e. The summed E-state index contributed by atoms with van der Waals surface area (Å²) in [7, 11) is 0. The monoisotopic (exact) mass is 328 g/mol. The highest BCUT2D eigenvalue weighted by Crippen LogP contribution is 2.19. The van der Waals surface area contributed by atoms with Gasteiger partial charge in [-0.3, -0.25) is 10.00 Å². The van der Waals surface area contributed by atoms with E-state index in [1.807, 2.05) is 6.07 Å². The average molecular weight is 328 g/mol. The van der Waals surface area contributed by atoms with Crippen molar-refractivity contribution in [3.63, 3.8) is 0 Å². The summed E-state index contributed by atoms with van der Waals surface area (Å²) >= 11 is 0. The molecule has 4 rings (SSSR count). The smallest absolute Gasteiger partial charge is 0.117 e. The maximum atomic E-state index is 4.25. The average Bonchev–Trinajstić information content (AvgIpc) is 3.13. The third-order valence-corrected chi connectivity index (χ3v) is 4.33. The third-order valence-electron chi connectivity index (χ3n) is 4.33. The lowest BCUT2D eigenvalue weighted by Gasteiger charge is -2.23. The largest absolute Gasteiger partial charge is 0.290 e. The third kappa shape index (κ3) is 3.75. The van der Waals surface area contributed by atoms with E-state index in [0.29, 0.717) is 0 Å². The molecule has 4 heteroatoms. The molecule has 124 valence electrons. The van der Waals surface area contributed by atoms with Crippen LogP contribution in [0.15, 0.2) is 78.9 Å². The number of nitrogens with zero attached hydrogens (tertiary/aromatic N) is 3. The summed E-state index contributed by atoms with van der Waals surface area (Å²) < 4.78 is 0. The van der Waals surface area contributed by atoms with Crippen LogP contribution in [0.4, 0.5) is 0 Å². The first kappa shape index (κ1) is 15.5. The fourth-order valence-corrected chi connectivity index (χ4v) is 3.15. The van der Waals surface area contributed by atoms with Crippen molar-refractivity contribution < 1.29 is 0 Å². The Balaban J connectivity index is 1.61. The van der Waals surface area contributed by atoms with Crippen LogP contribution < -0.4 is 0 Å². The summed E-state index contributed by atoms with van der Waals surface area (Å²) in [6.07, 6.45) is 0. The molecular formula is C21H20N4. The van der Waals surface area contributed by atoms with Gasteiger partial charge >= 0.3 is 0 Å². The highest BCUT2D eigenvalue weighted by atomic mass is 15.3. The van der Waals surface area contributed by atoms with Crippen molar-refractivity contribution in [1.82, 2.24) is 20.3 Å². The van der Waals surface area contributed by atoms with E-state index in [1.54, 1.807) is 0 Å². The van der Waals surface area contributed by atoms with Crippen LogP contribution in [0.1, 0.15) is 16.7 Å². The number of benzene rings is 3. The van der Waals surface area contributed by atoms with Gasteiger partial charge < -0.3 is 0 Å². The summed E-state index contributed by atoms with van der Waals surface area (Å²) in [6, 6.07) is 27.4. The molecule has 1 aromatic heterocycles. The summed E-state index contributed by atoms with van der Waals surface area (Å²) in [4.78, 5) is 2.44. The van der Waals surface area contributed by atoms with Crippen molar-refractivity contribution in [3.05, 3.63) is 95.6 Å². The molecule has 0 radical (unpaired) electrons. The predicted octanol–water partition coefficient (Wildman–Crippen LogP) is 4.16. The molecule has 0 saturated heterocycles. The van der Waals surface area contributed by atoms with Crippen LogP contribution in [-0.4, -0.2) is 20.3 Å². The SMILES string of the molecule is c1ccc(CN(Cc2ccccc2)Cc2cccc3[nH]nnc23)cc1. The Morgan fingerprint density at radius 2 is 1.32 bits per heavy atom. The quantitative estimate of drug-likeness (QED) is 0.578. The van der Waals surface area contributed by atoms with E-state index in [0.717, 1.165) is 30.7 Å². The van der Waals surface area contributed by atoms with E-state index in [-0.39, 0.29) is 0 Å². The molecule has 0 aliphatic heterocycles. The molecule has 0 saturated carbocycles. The van der Waals surface area contributed by atoms with Crippen molar-refractivity contribution in [2.45, 2.75) is 19.6 Å². The molecule has 0 atom stereocenters. The van der Waals surface area contributed by atoms with E-state index < -0.39 is 0 Å². The molecule has 0 unspecified atom stereocenters. The molecule has 0 aliphatic carbocycles. The Morgan fingerprint density at radius 1 is 0.680 bits per heavy atom. The zero-order valence-electron chi connectivity index (χ0n) is 14.0. The fourth-order valence-electron chi connectivity index (χ4n) is 3.15. The molecule has 0 spiro atoms. The summed E-state index contributed by atoms with van der Waals surface area (Å²) in [6.45, 7) is 2.61. The van der Waals surface area contributed by atoms with Gasteiger partial charge in [0.1, 0.15) is 5.52 Å². The van der Waals surface area contributed by atoms with Crippen molar-refractivity contribution >= 4 is 11.0 Å². The Morgan fingerprint density at radius 3 is 1.96 bits per heavy atom. The van der Waals surface area contributed by atoms with Gasteiger partial charge in [-0.2, -0.15) is 0 Å². The van der Waals surface area contributed by atoms with Crippen molar-refractivity contribution in [2.24, 2.45) is 0 Å². The number of hydrogen-bond donors (Lipinski definition) is 1. The van der Waals surface area contributed by atoms with Crippen LogP contribution in [0.2, 0.25) is 0 Å². The first-order valence-corrected chi connectivity index (χ1v) is 8.47. The lowest BCUT2D eigenvalue weighted by Crippen LogP contribution is -2.22.